The average Bonchev–Trinajstić information content (AvgIpc) is 3.00. The first-order valence-corrected chi connectivity index (χ1v) is 6.18. The van der Waals surface area contributed by atoms with Crippen molar-refractivity contribution in [3.05, 3.63) is 35.5 Å². The van der Waals surface area contributed by atoms with E-state index < -0.39 is 0 Å². The second-order valence-electron chi connectivity index (χ2n) is 4.44. The van der Waals surface area contributed by atoms with Gasteiger partial charge in [0.05, 0.1) is 0 Å². The second-order valence-corrected chi connectivity index (χ2v) is 4.88. The van der Waals surface area contributed by atoms with Gasteiger partial charge in [0.15, 0.2) is 0 Å². The molecule has 1 heterocycles. The number of fused-ring (bicyclic) bond motifs is 1. The summed E-state index contributed by atoms with van der Waals surface area (Å²) in [7, 11) is 0. The van der Waals surface area contributed by atoms with Gasteiger partial charge in [-0.25, -0.2) is 0 Å². The first-order valence-electron chi connectivity index (χ1n) is 5.81. The fourth-order valence-electron chi connectivity index (χ4n) is 2.04. The Hall–Kier alpha value is -0.990. The zero-order valence-corrected chi connectivity index (χ0v) is 9.87. The van der Waals surface area contributed by atoms with E-state index in [1.807, 2.05) is 12.1 Å². The van der Waals surface area contributed by atoms with E-state index in [4.69, 9.17) is 11.6 Å². The van der Waals surface area contributed by atoms with E-state index in [1.165, 1.54) is 23.7 Å². The zero-order valence-electron chi connectivity index (χ0n) is 9.12. The third-order valence-electron chi connectivity index (χ3n) is 3.10. The normalized spacial score (nSPS) is 15.8. The fourth-order valence-corrected chi connectivity index (χ4v) is 2.22. The number of rotatable bonds is 4. The van der Waals surface area contributed by atoms with E-state index in [-0.39, 0.29) is 0 Å². The van der Waals surface area contributed by atoms with Crippen LogP contribution in [0.2, 0.25) is 5.02 Å². The Bertz CT molecular complexity index is 500. The van der Waals surface area contributed by atoms with Gasteiger partial charge in [0, 0.05) is 41.3 Å². The molecule has 1 aromatic carbocycles. The Kier molecular flexibility index (Phi) is 2.62. The zero-order chi connectivity index (χ0) is 11.0. The smallest absolute Gasteiger partial charge is 0.0481 e. The summed E-state index contributed by atoms with van der Waals surface area (Å²) in [6.45, 7) is 2.08. The quantitative estimate of drug-likeness (QED) is 0.861. The molecule has 0 amide bonds. The van der Waals surface area contributed by atoms with Crippen LogP contribution in [0.4, 0.5) is 0 Å². The number of aromatic nitrogens is 1. The Morgan fingerprint density at radius 2 is 2.19 bits per heavy atom. The molecule has 0 radical (unpaired) electrons. The molecule has 0 saturated heterocycles. The molecule has 3 rings (SSSR count). The third kappa shape index (κ3) is 2.08. The monoisotopic (exact) mass is 234 g/mol. The van der Waals surface area contributed by atoms with Crippen LogP contribution in [0, 0.1) is 0 Å². The fraction of sp³-hybridized carbons (Fsp3) is 0.385. The first kappa shape index (κ1) is 10.2. The van der Waals surface area contributed by atoms with Crippen LogP contribution < -0.4 is 5.32 Å². The van der Waals surface area contributed by atoms with Crippen LogP contribution in [-0.4, -0.2) is 17.2 Å². The van der Waals surface area contributed by atoms with Gasteiger partial charge in [-0.05, 0) is 37.1 Å². The molecule has 0 spiro atoms. The SMILES string of the molecule is Clc1ccc2c(ccn2CCNC2CC2)c1. The molecule has 1 aliphatic carbocycles. The van der Waals surface area contributed by atoms with Gasteiger partial charge in [-0.15, -0.1) is 0 Å². The molecule has 1 aliphatic rings. The van der Waals surface area contributed by atoms with E-state index >= 15 is 0 Å². The van der Waals surface area contributed by atoms with Crippen molar-refractivity contribution in [1.29, 1.82) is 0 Å². The lowest BCUT2D eigenvalue weighted by molar-refractivity contribution is 0.606. The van der Waals surface area contributed by atoms with E-state index in [2.05, 4.69) is 28.2 Å². The van der Waals surface area contributed by atoms with E-state index in [9.17, 15) is 0 Å². The molecular formula is C13H15ClN2. The lowest BCUT2D eigenvalue weighted by atomic mass is 10.2. The van der Waals surface area contributed by atoms with E-state index in [1.54, 1.807) is 0 Å². The second kappa shape index (κ2) is 4.11. The molecule has 0 bridgehead atoms. The Labute approximate surface area is 100 Å². The Balaban J connectivity index is 1.75. The van der Waals surface area contributed by atoms with Gasteiger partial charge in [-0.3, -0.25) is 0 Å². The maximum atomic E-state index is 5.96. The highest BCUT2D eigenvalue weighted by Crippen LogP contribution is 2.21. The Morgan fingerprint density at radius 1 is 1.31 bits per heavy atom. The molecule has 0 unspecified atom stereocenters. The van der Waals surface area contributed by atoms with Gasteiger partial charge in [-0.2, -0.15) is 0 Å². The summed E-state index contributed by atoms with van der Waals surface area (Å²) in [5, 5.41) is 5.55. The first-order chi connectivity index (χ1) is 7.83. The van der Waals surface area contributed by atoms with Gasteiger partial charge < -0.3 is 9.88 Å². The van der Waals surface area contributed by atoms with Crippen LogP contribution in [0.5, 0.6) is 0 Å². The van der Waals surface area contributed by atoms with Crippen LogP contribution >= 0.6 is 11.6 Å². The van der Waals surface area contributed by atoms with Gasteiger partial charge >= 0.3 is 0 Å². The van der Waals surface area contributed by atoms with E-state index in [0.717, 1.165) is 24.2 Å². The van der Waals surface area contributed by atoms with Crippen molar-refractivity contribution in [2.24, 2.45) is 0 Å². The summed E-state index contributed by atoms with van der Waals surface area (Å²) in [5.74, 6) is 0. The maximum absolute atomic E-state index is 5.96. The number of hydrogen-bond acceptors (Lipinski definition) is 1. The predicted molar refractivity (Wildman–Crippen MR) is 68.0 cm³/mol. The highest BCUT2D eigenvalue weighted by atomic mass is 35.5. The number of halogens is 1. The molecular weight excluding hydrogens is 220 g/mol. The lowest BCUT2D eigenvalue weighted by Crippen LogP contribution is -2.21. The summed E-state index contributed by atoms with van der Waals surface area (Å²) in [4.78, 5) is 0. The topological polar surface area (TPSA) is 17.0 Å². The minimum Gasteiger partial charge on any atom is -0.346 e. The maximum Gasteiger partial charge on any atom is 0.0481 e. The number of hydrogen-bond donors (Lipinski definition) is 1. The molecule has 1 N–H and O–H groups in total. The summed E-state index contributed by atoms with van der Waals surface area (Å²) in [5.41, 5.74) is 1.27. The lowest BCUT2D eigenvalue weighted by Gasteiger charge is -2.06. The molecule has 0 aliphatic heterocycles. The minimum atomic E-state index is 0.788. The third-order valence-corrected chi connectivity index (χ3v) is 3.33. The molecule has 2 nitrogen and oxygen atoms in total. The summed E-state index contributed by atoms with van der Waals surface area (Å²) < 4.78 is 2.28. The van der Waals surface area contributed by atoms with Gasteiger partial charge in [0.2, 0.25) is 0 Å². The predicted octanol–water partition coefficient (Wildman–Crippen LogP) is 3.05. The van der Waals surface area contributed by atoms with Crippen LogP contribution in [0.25, 0.3) is 10.9 Å². The highest BCUT2D eigenvalue weighted by molar-refractivity contribution is 6.31. The summed E-state index contributed by atoms with van der Waals surface area (Å²) in [6.07, 6.45) is 4.83. The number of nitrogens with zero attached hydrogens (tertiary/aromatic N) is 1. The van der Waals surface area contributed by atoms with Crippen molar-refractivity contribution >= 4 is 22.5 Å². The molecule has 3 heteroatoms. The summed E-state index contributed by atoms with van der Waals surface area (Å²) in [6, 6.07) is 8.97. The van der Waals surface area contributed by atoms with Crippen LogP contribution in [0.1, 0.15) is 12.8 Å². The summed E-state index contributed by atoms with van der Waals surface area (Å²) >= 11 is 5.96. The number of nitrogens with one attached hydrogen (secondary N) is 1. The minimum absolute atomic E-state index is 0.788. The van der Waals surface area contributed by atoms with Crippen molar-refractivity contribution < 1.29 is 0 Å². The molecule has 0 atom stereocenters. The van der Waals surface area contributed by atoms with Crippen molar-refractivity contribution in [3.8, 4) is 0 Å². The van der Waals surface area contributed by atoms with Gasteiger partial charge in [-0.1, -0.05) is 11.6 Å². The largest absolute Gasteiger partial charge is 0.346 e. The van der Waals surface area contributed by atoms with Gasteiger partial charge in [0.1, 0.15) is 0 Å². The van der Waals surface area contributed by atoms with Gasteiger partial charge in [0.25, 0.3) is 0 Å². The average molecular weight is 235 g/mol. The molecule has 1 aromatic heterocycles. The van der Waals surface area contributed by atoms with Crippen molar-refractivity contribution in [2.45, 2.75) is 25.4 Å². The van der Waals surface area contributed by atoms with Crippen molar-refractivity contribution in [1.82, 2.24) is 9.88 Å². The standard InChI is InChI=1S/C13H15ClN2/c14-11-1-4-13-10(9-11)5-7-16(13)8-6-15-12-2-3-12/h1,4-5,7,9,12,15H,2-3,6,8H2. The van der Waals surface area contributed by atoms with Crippen LogP contribution in [0.3, 0.4) is 0 Å². The van der Waals surface area contributed by atoms with Crippen LogP contribution in [0.15, 0.2) is 30.5 Å². The highest BCUT2D eigenvalue weighted by Gasteiger charge is 2.19. The molecule has 1 saturated carbocycles. The molecule has 2 aromatic rings. The van der Waals surface area contributed by atoms with Crippen molar-refractivity contribution in [3.63, 3.8) is 0 Å². The van der Waals surface area contributed by atoms with Crippen LogP contribution in [-0.2, 0) is 6.54 Å². The number of benzene rings is 1. The Morgan fingerprint density at radius 3 is 3.00 bits per heavy atom. The molecule has 1 fully saturated rings. The molecule has 16 heavy (non-hydrogen) atoms. The van der Waals surface area contributed by atoms with E-state index in [0.29, 0.717) is 0 Å². The van der Waals surface area contributed by atoms with Crippen molar-refractivity contribution in [2.75, 3.05) is 6.54 Å². The molecule has 84 valence electrons.